The first-order chi connectivity index (χ1) is 9.79. The smallest absolute Gasteiger partial charge is 0.345 e. The summed E-state index contributed by atoms with van der Waals surface area (Å²) in [5, 5.41) is 8.86. The van der Waals surface area contributed by atoms with Gasteiger partial charge in [0, 0.05) is 12.1 Å². The van der Waals surface area contributed by atoms with E-state index in [1.54, 1.807) is 0 Å². The van der Waals surface area contributed by atoms with E-state index in [2.05, 4.69) is 23.5 Å². The number of sulfonamides is 1. The van der Waals surface area contributed by atoms with Crippen molar-refractivity contribution >= 4 is 27.3 Å². The van der Waals surface area contributed by atoms with Gasteiger partial charge in [0.2, 0.25) is 10.0 Å². The molecule has 0 aliphatic carbocycles. The number of carboxylic acid groups (broad SMARTS) is 1. The van der Waals surface area contributed by atoms with Crippen LogP contribution in [0.15, 0.2) is 16.3 Å². The number of hydrogen-bond acceptors (Lipinski definition) is 5. The van der Waals surface area contributed by atoms with Crippen molar-refractivity contribution in [2.75, 3.05) is 13.1 Å². The number of carbonyl (C=O) groups is 1. The Bertz CT molecular complexity index is 601. The number of hydrogen-bond donors (Lipinski definition) is 2. The minimum absolute atomic E-state index is 0.0324. The van der Waals surface area contributed by atoms with Crippen LogP contribution in [-0.4, -0.2) is 49.6 Å². The monoisotopic (exact) mass is 332 g/mol. The average molecular weight is 332 g/mol. The lowest BCUT2D eigenvalue weighted by molar-refractivity contribution is 0.0702. The maximum Gasteiger partial charge on any atom is 0.345 e. The lowest BCUT2D eigenvalue weighted by atomic mass is 10.1. The highest BCUT2D eigenvalue weighted by Gasteiger charge is 2.26. The van der Waals surface area contributed by atoms with Gasteiger partial charge in [-0.25, -0.2) is 17.9 Å². The first kappa shape index (κ1) is 16.4. The topological polar surface area (TPSA) is 86.7 Å². The summed E-state index contributed by atoms with van der Waals surface area (Å²) in [6.45, 7) is 6.00. The van der Waals surface area contributed by atoms with Gasteiger partial charge < -0.3 is 10.0 Å². The van der Waals surface area contributed by atoms with E-state index in [9.17, 15) is 13.2 Å². The fourth-order valence-corrected chi connectivity index (χ4v) is 4.86. The number of piperidine rings is 1. The SMILES string of the molecule is CC(C)N1CCC(NS(=O)(=O)c2ccc(C(=O)O)s2)CC1. The fraction of sp³-hybridized carbons (Fsp3) is 0.615. The Morgan fingerprint density at radius 2 is 2.00 bits per heavy atom. The van der Waals surface area contributed by atoms with Gasteiger partial charge in [0.1, 0.15) is 9.09 Å². The van der Waals surface area contributed by atoms with E-state index in [1.165, 1.54) is 12.1 Å². The Morgan fingerprint density at radius 1 is 1.38 bits per heavy atom. The molecule has 118 valence electrons. The van der Waals surface area contributed by atoms with Crippen molar-refractivity contribution in [3.05, 3.63) is 17.0 Å². The molecule has 21 heavy (non-hydrogen) atoms. The van der Waals surface area contributed by atoms with Gasteiger partial charge in [-0.15, -0.1) is 11.3 Å². The van der Waals surface area contributed by atoms with Gasteiger partial charge >= 0.3 is 5.97 Å². The predicted molar refractivity (Wildman–Crippen MR) is 81.3 cm³/mol. The van der Waals surface area contributed by atoms with Gasteiger partial charge in [0.25, 0.3) is 0 Å². The van der Waals surface area contributed by atoms with Crippen LogP contribution in [0.25, 0.3) is 0 Å². The van der Waals surface area contributed by atoms with E-state index in [0.29, 0.717) is 6.04 Å². The Morgan fingerprint density at radius 3 is 2.48 bits per heavy atom. The molecule has 0 unspecified atom stereocenters. The van der Waals surface area contributed by atoms with Crippen LogP contribution in [0.4, 0.5) is 0 Å². The molecule has 2 N–H and O–H groups in total. The van der Waals surface area contributed by atoms with E-state index >= 15 is 0 Å². The van der Waals surface area contributed by atoms with E-state index < -0.39 is 16.0 Å². The number of nitrogens with zero attached hydrogens (tertiary/aromatic N) is 1. The molecule has 0 radical (unpaired) electrons. The van der Waals surface area contributed by atoms with Gasteiger partial charge in [-0.05, 0) is 51.9 Å². The average Bonchev–Trinajstić information content (AvgIpc) is 2.89. The first-order valence-corrected chi connectivity index (χ1v) is 9.19. The van der Waals surface area contributed by atoms with Crippen LogP contribution in [-0.2, 0) is 10.0 Å². The molecule has 0 aromatic carbocycles. The third kappa shape index (κ3) is 4.03. The summed E-state index contributed by atoms with van der Waals surface area (Å²) >= 11 is 0.782. The van der Waals surface area contributed by atoms with Crippen LogP contribution in [0.1, 0.15) is 36.4 Å². The van der Waals surface area contributed by atoms with Crippen LogP contribution in [0.2, 0.25) is 0 Å². The van der Waals surface area contributed by atoms with Crippen LogP contribution in [0.5, 0.6) is 0 Å². The van der Waals surface area contributed by atoms with E-state index in [4.69, 9.17) is 5.11 Å². The van der Waals surface area contributed by atoms with Crippen LogP contribution < -0.4 is 4.72 Å². The largest absolute Gasteiger partial charge is 0.477 e. The summed E-state index contributed by atoms with van der Waals surface area (Å²) < 4.78 is 27.2. The lowest BCUT2D eigenvalue weighted by Gasteiger charge is -2.34. The van der Waals surface area contributed by atoms with E-state index in [0.717, 1.165) is 37.3 Å². The molecular weight excluding hydrogens is 312 g/mol. The van der Waals surface area contributed by atoms with Gasteiger partial charge in [-0.1, -0.05) is 0 Å². The Balaban J connectivity index is 2.00. The predicted octanol–water partition coefficient (Wildman–Crippen LogP) is 1.60. The van der Waals surface area contributed by atoms with Gasteiger partial charge in [0.15, 0.2) is 0 Å². The second-order valence-electron chi connectivity index (χ2n) is 5.45. The standard InChI is InChI=1S/C13H20N2O4S2/c1-9(2)15-7-5-10(6-8-15)14-21(18,19)12-4-3-11(20-12)13(16)17/h3-4,9-10,14H,5-8H2,1-2H3,(H,16,17). The van der Waals surface area contributed by atoms with E-state index in [-0.39, 0.29) is 15.1 Å². The number of thiophene rings is 1. The minimum atomic E-state index is -3.62. The quantitative estimate of drug-likeness (QED) is 0.855. The van der Waals surface area contributed by atoms with Crippen molar-refractivity contribution in [2.24, 2.45) is 0 Å². The summed E-state index contributed by atoms with van der Waals surface area (Å²) in [4.78, 5) is 13.2. The summed E-state index contributed by atoms with van der Waals surface area (Å²) in [5.41, 5.74) is 0. The summed E-state index contributed by atoms with van der Waals surface area (Å²) in [6.07, 6.45) is 1.54. The molecule has 1 fully saturated rings. The maximum absolute atomic E-state index is 12.2. The molecule has 2 rings (SSSR count). The zero-order valence-corrected chi connectivity index (χ0v) is 13.7. The highest BCUT2D eigenvalue weighted by Crippen LogP contribution is 2.23. The molecule has 1 aliphatic rings. The maximum atomic E-state index is 12.2. The minimum Gasteiger partial charge on any atom is -0.477 e. The number of rotatable bonds is 5. The van der Waals surface area contributed by atoms with Crippen molar-refractivity contribution in [1.82, 2.24) is 9.62 Å². The van der Waals surface area contributed by atoms with Crippen LogP contribution >= 0.6 is 11.3 Å². The zero-order chi connectivity index (χ0) is 15.6. The molecule has 6 nitrogen and oxygen atoms in total. The first-order valence-electron chi connectivity index (χ1n) is 6.89. The van der Waals surface area contributed by atoms with Gasteiger partial charge in [-0.2, -0.15) is 0 Å². The molecule has 8 heteroatoms. The summed E-state index contributed by atoms with van der Waals surface area (Å²) in [5.74, 6) is -1.10. The van der Waals surface area contributed by atoms with Crippen molar-refractivity contribution in [1.29, 1.82) is 0 Å². The molecular formula is C13H20N2O4S2. The number of carboxylic acids is 1. The molecule has 2 heterocycles. The number of nitrogens with one attached hydrogen (secondary N) is 1. The number of likely N-dealkylation sites (tertiary alicyclic amines) is 1. The van der Waals surface area contributed by atoms with Crippen molar-refractivity contribution in [2.45, 2.75) is 43.0 Å². The molecule has 1 saturated heterocycles. The van der Waals surface area contributed by atoms with Crippen molar-refractivity contribution in [3.63, 3.8) is 0 Å². The summed E-state index contributed by atoms with van der Waals surface area (Å²) in [7, 11) is -3.62. The second-order valence-corrected chi connectivity index (χ2v) is 8.47. The highest BCUT2D eigenvalue weighted by atomic mass is 32.2. The molecule has 1 aliphatic heterocycles. The van der Waals surface area contributed by atoms with Crippen molar-refractivity contribution in [3.8, 4) is 0 Å². The van der Waals surface area contributed by atoms with Gasteiger partial charge in [0.05, 0.1) is 0 Å². The Kier molecular flexibility index (Phi) is 5.03. The summed E-state index contributed by atoms with van der Waals surface area (Å²) in [6, 6.07) is 3.06. The van der Waals surface area contributed by atoms with Gasteiger partial charge in [-0.3, -0.25) is 0 Å². The molecule has 0 atom stereocenters. The normalized spacial score (nSPS) is 18.2. The third-order valence-electron chi connectivity index (χ3n) is 3.64. The highest BCUT2D eigenvalue weighted by molar-refractivity contribution is 7.91. The second kappa shape index (κ2) is 6.43. The molecule has 1 aromatic heterocycles. The fourth-order valence-electron chi connectivity index (χ4n) is 2.39. The van der Waals surface area contributed by atoms with Crippen LogP contribution in [0, 0.1) is 0 Å². The zero-order valence-electron chi connectivity index (χ0n) is 12.1. The Hall–Kier alpha value is -0.960. The van der Waals surface area contributed by atoms with E-state index in [1.807, 2.05) is 0 Å². The molecule has 0 saturated carbocycles. The molecule has 1 aromatic rings. The molecule has 0 spiro atoms. The molecule has 0 amide bonds. The van der Waals surface area contributed by atoms with Crippen molar-refractivity contribution < 1.29 is 18.3 Å². The molecule has 0 bridgehead atoms. The van der Waals surface area contributed by atoms with Crippen LogP contribution in [0.3, 0.4) is 0 Å². The third-order valence-corrected chi connectivity index (χ3v) is 6.72. The number of aromatic carboxylic acids is 1. The Labute approximate surface area is 128 Å². The lowest BCUT2D eigenvalue weighted by Crippen LogP contribution is -2.46.